The molecule has 18 heavy (non-hydrogen) atoms. The van der Waals surface area contributed by atoms with Gasteiger partial charge in [-0.3, -0.25) is 0 Å². The van der Waals surface area contributed by atoms with Gasteiger partial charge in [-0.15, -0.1) is 0 Å². The van der Waals surface area contributed by atoms with Crippen LogP contribution in [0.25, 0.3) is 0 Å². The maximum atomic E-state index is 4.70. The lowest BCUT2D eigenvalue weighted by molar-refractivity contribution is 0.610. The summed E-state index contributed by atoms with van der Waals surface area (Å²) in [6.07, 6.45) is 0.850. The molecule has 2 rings (SSSR count). The Bertz CT molecular complexity index is 501. The Morgan fingerprint density at radius 3 is 2.00 bits per heavy atom. The zero-order chi connectivity index (χ0) is 12.8. The van der Waals surface area contributed by atoms with Crippen LogP contribution in [0.15, 0.2) is 65.7 Å². The van der Waals surface area contributed by atoms with Crippen molar-refractivity contribution < 1.29 is 0 Å². The molecular weight excluding hydrogens is 220 g/mol. The minimum Gasteiger partial charge on any atom is -0.366 e. The van der Waals surface area contributed by atoms with Crippen molar-refractivity contribution in [1.82, 2.24) is 4.90 Å². The largest absolute Gasteiger partial charge is 0.366 e. The lowest BCUT2D eigenvalue weighted by Crippen LogP contribution is -2.23. The zero-order valence-electron chi connectivity index (χ0n) is 10.9. The van der Waals surface area contributed by atoms with Gasteiger partial charge in [-0.05, 0) is 17.7 Å². The molecule has 0 amide bonds. The van der Waals surface area contributed by atoms with Gasteiger partial charge in [-0.25, -0.2) is 4.99 Å². The number of benzene rings is 2. The van der Waals surface area contributed by atoms with Gasteiger partial charge in [0.25, 0.3) is 0 Å². The summed E-state index contributed by atoms with van der Waals surface area (Å²) >= 11 is 0. The minimum atomic E-state index is 0.850. The van der Waals surface area contributed by atoms with Crippen molar-refractivity contribution in [3.63, 3.8) is 0 Å². The van der Waals surface area contributed by atoms with Gasteiger partial charge >= 0.3 is 0 Å². The van der Waals surface area contributed by atoms with Crippen LogP contribution in [0.5, 0.6) is 0 Å². The summed E-state index contributed by atoms with van der Waals surface area (Å²) in [5.74, 6) is 1.06. The van der Waals surface area contributed by atoms with E-state index in [9.17, 15) is 0 Å². The number of rotatable bonds is 3. The van der Waals surface area contributed by atoms with Crippen LogP contribution in [0.3, 0.4) is 0 Å². The molecule has 2 aromatic rings. The van der Waals surface area contributed by atoms with Crippen molar-refractivity contribution in [2.75, 3.05) is 14.1 Å². The highest BCUT2D eigenvalue weighted by Gasteiger charge is 2.03. The molecule has 0 heterocycles. The van der Waals surface area contributed by atoms with E-state index in [1.165, 1.54) is 5.56 Å². The zero-order valence-corrected chi connectivity index (χ0v) is 10.9. The third-order valence-corrected chi connectivity index (χ3v) is 2.74. The lowest BCUT2D eigenvalue weighted by Gasteiger charge is -2.16. The van der Waals surface area contributed by atoms with Crippen molar-refractivity contribution in [2.24, 2.45) is 4.99 Å². The van der Waals surface area contributed by atoms with Crippen molar-refractivity contribution in [2.45, 2.75) is 6.42 Å². The van der Waals surface area contributed by atoms with Crippen LogP contribution in [0.1, 0.15) is 5.56 Å². The first-order valence-electron chi connectivity index (χ1n) is 6.09. The maximum Gasteiger partial charge on any atom is 0.109 e. The number of nitrogens with zero attached hydrogens (tertiary/aromatic N) is 2. The fourth-order valence-electron chi connectivity index (χ4n) is 1.73. The average Bonchev–Trinajstić information content (AvgIpc) is 2.40. The molecule has 0 aromatic heterocycles. The summed E-state index contributed by atoms with van der Waals surface area (Å²) in [6.45, 7) is 0. The molecule has 0 radical (unpaired) electrons. The molecule has 0 bridgehead atoms. The van der Waals surface area contributed by atoms with Crippen molar-refractivity contribution >= 4 is 11.5 Å². The van der Waals surface area contributed by atoms with Gasteiger partial charge in [0.2, 0.25) is 0 Å². The summed E-state index contributed by atoms with van der Waals surface area (Å²) in [4.78, 5) is 6.77. The standard InChI is InChI=1S/C16H18N2/c1-18(2)16(13-14-9-5-3-6-10-14)17-15-11-7-4-8-12-15/h3-12H,13H2,1-2H3. The van der Waals surface area contributed by atoms with E-state index in [1.54, 1.807) is 0 Å². The fraction of sp³-hybridized carbons (Fsp3) is 0.188. The van der Waals surface area contributed by atoms with Crippen molar-refractivity contribution in [3.8, 4) is 0 Å². The van der Waals surface area contributed by atoms with Gasteiger partial charge in [0, 0.05) is 20.5 Å². The molecule has 2 aromatic carbocycles. The molecule has 0 saturated carbocycles. The van der Waals surface area contributed by atoms with E-state index in [0.717, 1.165) is 17.9 Å². The predicted octanol–water partition coefficient (Wildman–Crippen LogP) is 3.52. The highest BCUT2D eigenvalue weighted by Crippen LogP contribution is 2.12. The number of likely N-dealkylation sites (N-methyl/N-ethyl adjacent to an activating group) is 1. The van der Waals surface area contributed by atoms with Crippen LogP contribution < -0.4 is 0 Å². The van der Waals surface area contributed by atoms with E-state index in [2.05, 4.69) is 29.2 Å². The maximum absolute atomic E-state index is 4.70. The van der Waals surface area contributed by atoms with Gasteiger partial charge < -0.3 is 4.90 Å². The van der Waals surface area contributed by atoms with E-state index < -0.39 is 0 Å². The smallest absolute Gasteiger partial charge is 0.109 e. The molecular formula is C16H18N2. The Morgan fingerprint density at radius 1 is 0.889 bits per heavy atom. The molecule has 0 aliphatic carbocycles. The second kappa shape index (κ2) is 6.01. The Balaban J connectivity index is 2.22. The second-order valence-corrected chi connectivity index (χ2v) is 4.42. The Hall–Kier alpha value is -2.09. The molecule has 0 atom stereocenters. The van der Waals surface area contributed by atoms with Gasteiger partial charge in [0.05, 0.1) is 5.69 Å². The first-order chi connectivity index (χ1) is 8.75. The fourth-order valence-corrected chi connectivity index (χ4v) is 1.73. The number of aliphatic imine (C=N–C) groups is 1. The van der Waals surface area contributed by atoms with Crippen LogP contribution in [0, 0.1) is 0 Å². The van der Waals surface area contributed by atoms with E-state index >= 15 is 0 Å². The first kappa shape index (κ1) is 12.4. The van der Waals surface area contributed by atoms with Crippen molar-refractivity contribution in [3.05, 3.63) is 66.2 Å². The third-order valence-electron chi connectivity index (χ3n) is 2.74. The summed E-state index contributed by atoms with van der Waals surface area (Å²) in [5.41, 5.74) is 2.28. The van der Waals surface area contributed by atoms with Gasteiger partial charge in [-0.1, -0.05) is 48.5 Å². The second-order valence-electron chi connectivity index (χ2n) is 4.42. The molecule has 0 N–H and O–H groups in total. The van der Waals surface area contributed by atoms with E-state index in [4.69, 9.17) is 4.99 Å². The molecule has 0 spiro atoms. The lowest BCUT2D eigenvalue weighted by atomic mass is 10.1. The van der Waals surface area contributed by atoms with Gasteiger partial charge in [0.15, 0.2) is 0 Å². The van der Waals surface area contributed by atoms with Crippen LogP contribution >= 0.6 is 0 Å². The van der Waals surface area contributed by atoms with Crippen LogP contribution in [-0.4, -0.2) is 24.8 Å². The summed E-state index contributed by atoms with van der Waals surface area (Å²) < 4.78 is 0. The number of para-hydroxylation sites is 1. The van der Waals surface area contributed by atoms with Gasteiger partial charge in [0.1, 0.15) is 5.84 Å². The predicted molar refractivity (Wildman–Crippen MR) is 77.4 cm³/mol. The summed E-state index contributed by atoms with van der Waals surface area (Å²) in [6, 6.07) is 20.5. The highest BCUT2D eigenvalue weighted by atomic mass is 15.1. The Kier molecular flexibility index (Phi) is 4.13. The van der Waals surface area contributed by atoms with E-state index in [1.807, 2.05) is 50.5 Å². The first-order valence-corrected chi connectivity index (χ1v) is 6.09. The average molecular weight is 238 g/mol. The molecule has 0 aliphatic rings. The van der Waals surface area contributed by atoms with Crippen molar-refractivity contribution in [1.29, 1.82) is 0 Å². The topological polar surface area (TPSA) is 15.6 Å². The van der Waals surface area contributed by atoms with Crippen LogP contribution in [-0.2, 0) is 6.42 Å². The SMILES string of the molecule is CN(C)C(Cc1ccccc1)=Nc1ccccc1. The quantitative estimate of drug-likeness (QED) is 0.590. The number of hydrogen-bond acceptors (Lipinski definition) is 1. The van der Waals surface area contributed by atoms with E-state index in [-0.39, 0.29) is 0 Å². The van der Waals surface area contributed by atoms with Crippen LogP contribution in [0.2, 0.25) is 0 Å². The molecule has 0 saturated heterocycles. The highest BCUT2D eigenvalue weighted by molar-refractivity contribution is 5.86. The molecule has 0 aliphatic heterocycles. The normalized spacial score (nSPS) is 11.3. The Labute approximate surface area is 109 Å². The van der Waals surface area contributed by atoms with E-state index in [0.29, 0.717) is 0 Å². The van der Waals surface area contributed by atoms with Crippen LogP contribution in [0.4, 0.5) is 5.69 Å². The number of hydrogen-bond donors (Lipinski definition) is 0. The summed E-state index contributed by atoms with van der Waals surface area (Å²) in [7, 11) is 4.06. The molecule has 92 valence electrons. The molecule has 2 nitrogen and oxygen atoms in total. The monoisotopic (exact) mass is 238 g/mol. The number of amidine groups is 1. The minimum absolute atomic E-state index is 0.850. The van der Waals surface area contributed by atoms with Gasteiger partial charge in [-0.2, -0.15) is 0 Å². The molecule has 0 fully saturated rings. The Morgan fingerprint density at radius 2 is 1.44 bits per heavy atom. The summed E-state index contributed by atoms with van der Waals surface area (Å²) in [5, 5.41) is 0. The molecule has 0 unspecified atom stereocenters. The molecule has 2 heteroatoms. The third kappa shape index (κ3) is 3.45.